The summed E-state index contributed by atoms with van der Waals surface area (Å²) < 4.78 is 5.19. The molecule has 0 aromatic carbocycles. The third-order valence-corrected chi connectivity index (χ3v) is 5.66. The molecule has 2 fully saturated rings. The Morgan fingerprint density at radius 2 is 1.58 bits per heavy atom. The van der Waals surface area contributed by atoms with Gasteiger partial charge in [0.05, 0.1) is 12.0 Å². The molecule has 0 aromatic heterocycles. The number of esters is 1. The molecule has 2 rings (SSSR count). The molecule has 0 saturated heterocycles. The quantitative estimate of drug-likeness (QED) is 0.783. The van der Waals surface area contributed by atoms with Gasteiger partial charge in [0, 0.05) is 0 Å². The van der Waals surface area contributed by atoms with Crippen LogP contribution in [-0.4, -0.2) is 24.0 Å². The summed E-state index contributed by atoms with van der Waals surface area (Å²) in [4.78, 5) is 24.2. The maximum absolute atomic E-state index is 12.2. The molecule has 1 amide bonds. The summed E-state index contributed by atoms with van der Waals surface area (Å²) in [5, 5.41) is 12.0. The normalized spacial score (nSPS) is 26.8. The van der Waals surface area contributed by atoms with Crippen molar-refractivity contribution in [3.63, 3.8) is 0 Å². The van der Waals surface area contributed by atoms with Gasteiger partial charge >= 0.3 is 5.97 Å². The second-order valence-corrected chi connectivity index (χ2v) is 8.66. The molecular weight excluding hydrogens is 304 g/mol. The first-order valence-corrected chi connectivity index (χ1v) is 9.04. The predicted octanol–water partition coefficient (Wildman–Crippen LogP) is 3.19. The molecular formula is C19H30N2O3. The van der Waals surface area contributed by atoms with Gasteiger partial charge in [-0.05, 0) is 62.7 Å². The third-order valence-electron chi connectivity index (χ3n) is 5.66. The van der Waals surface area contributed by atoms with Crippen LogP contribution in [0.15, 0.2) is 0 Å². The molecule has 134 valence electrons. The summed E-state index contributed by atoms with van der Waals surface area (Å²) >= 11 is 0. The zero-order valence-corrected chi connectivity index (χ0v) is 15.4. The Kier molecular flexibility index (Phi) is 5.57. The molecule has 1 atom stereocenters. The molecule has 0 heterocycles. The Morgan fingerprint density at radius 1 is 1.04 bits per heavy atom. The van der Waals surface area contributed by atoms with Gasteiger partial charge in [-0.1, -0.05) is 20.8 Å². The van der Waals surface area contributed by atoms with E-state index < -0.39 is 5.54 Å². The molecule has 0 bridgehead atoms. The van der Waals surface area contributed by atoms with Crippen LogP contribution in [0.25, 0.3) is 0 Å². The van der Waals surface area contributed by atoms with Crippen molar-refractivity contribution in [2.45, 2.75) is 71.8 Å². The van der Waals surface area contributed by atoms with Crippen molar-refractivity contribution in [3.05, 3.63) is 0 Å². The lowest BCUT2D eigenvalue weighted by Crippen LogP contribution is -2.48. The van der Waals surface area contributed by atoms with Gasteiger partial charge < -0.3 is 10.1 Å². The zero-order valence-electron chi connectivity index (χ0n) is 15.4. The maximum atomic E-state index is 12.2. The van der Waals surface area contributed by atoms with E-state index in [4.69, 9.17) is 4.74 Å². The van der Waals surface area contributed by atoms with Crippen molar-refractivity contribution in [3.8, 4) is 6.07 Å². The van der Waals surface area contributed by atoms with Crippen molar-refractivity contribution in [1.29, 1.82) is 5.26 Å². The van der Waals surface area contributed by atoms with Crippen LogP contribution in [0.5, 0.6) is 0 Å². The molecule has 0 aliphatic heterocycles. The highest BCUT2D eigenvalue weighted by Gasteiger charge is 2.43. The molecule has 5 heteroatoms. The number of nitriles is 1. The van der Waals surface area contributed by atoms with Crippen LogP contribution >= 0.6 is 0 Å². The van der Waals surface area contributed by atoms with Crippen LogP contribution in [0, 0.1) is 34.5 Å². The molecule has 0 radical (unpaired) electrons. The molecule has 24 heavy (non-hydrogen) atoms. The van der Waals surface area contributed by atoms with E-state index in [2.05, 4.69) is 32.2 Å². The van der Waals surface area contributed by atoms with E-state index in [0.29, 0.717) is 5.92 Å². The highest BCUT2D eigenvalue weighted by atomic mass is 16.5. The van der Waals surface area contributed by atoms with Gasteiger partial charge in [-0.2, -0.15) is 5.26 Å². The van der Waals surface area contributed by atoms with Crippen LogP contribution in [-0.2, 0) is 14.3 Å². The van der Waals surface area contributed by atoms with Gasteiger partial charge in [0.1, 0.15) is 5.54 Å². The number of ether oxygens (including phenoxy) is 1. The van der Waals surface area contributed by atoms with Crippen molar-refractivity contribution >= 4 is 11.9 Å². The number of nitrogens with zero attached hydrogens (tertiary/aromatic N) is 1. The average molecular weight is 334 g/mol. The fraction of sp³-hybridized carbons (Fsp3) is 0.842. The van der Waals surface area contributed by atoms with E-state index in [1.165, 1.54) is 0 Å². The Morgan fingerprint density at radius 3 is 2.04 bits per heavy atom. The van der Waals surface area contributed by atoms with E-state index in [9.17, 15) is 14.9 Å². The third kappa shape index (κ3) is 4.72. The molecule has 1 N–H and O–H groups in total. The highest BCUT2D eigenvalue weighted by Crippen LogP contribution is 2.40. The number of carbonyl (C=O) groups excluding carboxylic acids is 2. The summed E-state index contributed by atoms with van der Waals surface area (Å²) in [6, 6.07) is 2.17. The highest BCUT2D eigenvalue weighted by molar-refractivity contribution is 5.82. The van der Waals surface area contributed by atoms with E-state index >= 15 is 0 Å². The Bertz CT molecular complexity index is 520. The van der Waals surface area contributed by atoms with Crippen molar-refractivity contribution in [1.82, 2.24) is 5.32 Å². The van der Waals surface area contributed by atoms with Crippen LogP contribution in [0.1, 0.15) is 66.2 Å². The van der Waals surface area contributed by atoms with E-state index in [1.54, 1.807) is 6.92 Å². The summed E-state index contributed by atoms with van der Waals surface area (Å²) in [5.74, 6) is 0.0991. The molecule has 1 unspecified atom stereocenters. The van der Waals surface area contributed by atoms with Gasteiger partial charge in [0.2, 0.25) is 0 Å². The van der Waals surface area contributed by atoms with Gasteiger partial charge in [0.25, 0.3) is 5.91 Å². The molecule has 2 aliphatic carbocycles. The number of hydrogen-bond donors (Lipinski definition) is 1. The van der Waals surface area contributed by atoms with Gasteiger partial charge in [-0.15, -0.1) is 0 Å². The number of amides is 1. The SMILES string of the molecule is CC(C)(C)C1CCC(C(=O)OCC(=O)NC(C)(C#N)C2CC2)CC1. The summed E-state index contributed by atoms with van der Waals surface area (Å²) in [5.41, 5.74) is -0.562. The fourth-order valence-electron chi connectivity index (χ4n) is 3.66. The second kappa shape index (κ2) is 7.13. The van der Waals surface area contributed by atoms with Gasteiger partial charge in [0.15, 0.2) is 6.61 Å². The predicted molar refractivity (Wildman–Crippen MR) is 90.7 cm³/mol. The minimum Gasteiger partial charge on any atom is -0.455 e. The average Bonchev–Trinajstić information content (AvgIpc) is 3.37. The smallest absolute Gasteiger partial charge is 0.309 e. The van der Waals surface area contributed by atoms with Crippen molar-refractivity contribution in [2.24, 2.45) is 23.2 Å². The number of nitrogens with one attached hydrogen (secondary N) is 1. The Labute approximate surface area is 145 Å². The number of carbonyl (C=O) groups is 2. The zero-order chi connectivity index (χ0) is 18.0. The number of hydrogen-bond acceptors (Lipinski definition) is 4. The second-order valence-electron chi connectivity index (χ2n) is 8.66. The fourth-order valence-corrected chi connectivity index (χ4v) is 3.66. The lowest BCUT2D eigenvalue weighted by Gasteiger charge is -2.36. The first-order valence-electron chi connectivity index (χ1n) is 9.04. The van der Waals surface area contributed by atoms with E-state index in [0.717, 1.165) is 38.5 Å². The van der Waals surface area contributed by atoms with Crippen LogP contribution in [0.4, 0.5) is 0 Å². The minimum absolute atomic E-state index is 0.0952. The standard InChI is InChI=1S/C19H30N2O3/c1-18(2,3)14-7-5-13(6-8-14)17(23)24-11-16(22)21-19(4,12-20)15-9-10-15/h13-15H,5-11H2,1-4H3,(H,21,22). The Hall–Kier alpha value is -1.57. The van der Waals surface area contributed by atoms with E-state index in [-0.39, 0.29) is 35.7 Å². The summed E-state index contributed by atoms with van der Waals surface area (Å²) in [6.07, 6.45) is 5.65. The van der Waals surface area contributed by atoms with Gasteiger partial charge in [-0.3, -0.25) is 9.59 Å². The molecule has 0 aromatic rings. The van der Waals surface area contributed by atoms with Crippen LogP contribution < -0.4 is 5.32 Å². The van der Waals surface area contributed by atoms with Crippen molar-refractivity contribution < 1.29 is 14.3 Å². The van der Waals surface area contributed by atoms with Crippen LogP contribution in [0.3, 0.4) is 0 Å². The molecule has 0 spiro atoms. The lowest BCUT2D eigenvalue weighted by atomic mass is 9.70. The first-order chi connectivity index (χ1) is 11.2. The lowest BCUT2D eigenvalue weighted by molar-refractivity contribution is -0.154. The van der Waals surface area contributed by atoms with Gasteiger partial charge in [-0.25, -0.2) is 0 Å². The monoisotopic (exact) mass is 334 g/mol. The Balaban J connectivity index is 1.74. The van der Waals surface area contributed by atoms with Crippen molar-refractivity contribution in [2.75, 3.05) is 6.61 Å². The number of rotatable bonds is 5. The topological polar surface area (TPSA) is 79.2 Å². The molecule has 2 saturated carbocycles. The first kappa shape index (κ1) is 18.8. The van der Waals surface area contributed by atoms with Crippen LogP contribution in [0.2, 0.25) is 0 Å². The molecule has 2 aliphatic rings. The summed E-state index contributed by atoms with van der Waals surface area (Å²) in [6.45, 7) is 8.17. The summed E-state index contributed by atoms with van der Waals surface area (Å²) in [7, 11) is 0. The largest absolute Gasteiger partial charge is 0.455 e. The van der Waals surface area contributed by atoms with E-state index in [1.807, 2.05) is 0 Å². The minimum atomic E-state index is -0.839. The maximum Gasteiger partial charge on any atom is 0.309 e. The molecule has 5 nitrogen and oxygen atoms in total.